The molecule has 3 amide bonds. The molecule has 2 aromatic carbocycles. The Balaban J connectivity index is 1.80. The number of benzene rings is 2. The van der Waals surface area contributed by atoms with Gasteiger partial charge in [0.05, 0.1) is 17.3 Å². The molecular formula is C19H15N3O4. The van der Waals surface area contributed by atoms with E-state index in [9.17, 15) is 19.6 Å². The number of fused-ring (bicyclic) bond motifs is 2. The van der Waals surface area contributed by atoms with Gasteiger partial charge in [-0.1, -0.05) is 24.3 Å². The van der Waals surface area contributed by atoms with E-state index in [0.29, 0.717) is 35.0 Å². The van der Waals surface area contributed by atoms with Crippen LogP contribution in [-0.4, -0.2) is 41.5 Å². The van der Waals surface area contributed by atoms with Crippen molar-refractivity contribution in [2.45, 2.75) is 25.5 Å². The standard InChI is InChI=1S/C19H15N3O4/c1-11(23)26-16-8-9-21-17(16)18(24)22(19(21)25)15-7-6-12(10-20)13-4-2-3-5-14(13)15/h2-7,16-17H,8-9H2,1H3/t16-,17+/m1/s1. The Labute approximate surface area is 149 Å². The van der Waals surface area contributed by atoms with Crippen LogP contribution in [0.15, 0.2) is 36.4 Å². The number of ether oxygens (including phenoxy) is 1. The fourth-order valence-electron chi connectivity index (χ4n) is 3.76. The highest BCUT2D eigenvalue weighted by Crippen LogP contribution is 2.37. The third-order valence-corrected chi connectivity index (χ3v) is 4.83. The van der Waals surface area contributed by atoms with Gasteiger partial charge in [0.1, 0.15) is 6.10 Å². The summed E-state index contributed by atoms with van der Waals surface area (Å²) >= 11 is 0. The van der Waals surface area contributed by atoms with Crippen LogP contribution in [0.3, 0.4) is 0 Å². The van der Waals surface area contributed by atoms with Crippen molar-refractivity contribution < 1.29 is 19.1 Å². The summed E-state index contributed by atoms with van der Waals surface area (Å²) in [6, 6.07) is 11.3. The van der Waals surface area contributed by atoms with E-state index in [4.69, 9.17) is 4.74 Å². The first-order valence-electron chi connectivity index (χ1n) is 8.26. The van der Waals surface area contributed by atoms with Crippen LogP contribution in [0.2, 0.25) is 0 Å². The van der Waals surface area contributed by atoms with Gasteiger partial charge in [0.2, 0.25) is 0 Å². The van der Waals surface area contributed by atoms with E-state index in [0.717, 1.165) is 4.90 Å². The minimum atomic E-state index is -0.791. The Bertz CT molecular complexity index is 994. The highest BCUT2D eigenvalue weighted by molar-refractivity contribution is 6.25. The third-order valence-electron chi connectivity index (χ3n) is 4.83. The van der Waals surface area contributed by atoms with E-state index in [1.165, 1.54) is 11.8 Å². The number of hydrogen-bond acceptors (Lipinski definition) is 5. The van der Waals surface area contributed by atoms with E-state index in [1.807, 2.05) is 0 Å². The van der Waals surface area contributed by atoms with Crippen LogP contribution in [0, 0.1) is 11.3 Å². The van der Waals surface area contributed by atoms with E-state index in [1.54, 1.807) is 36.4 Å². The molecule has 0 saturated carbocycles. The molecule has 0 aliphatic carbocycles. The average molecular weight is 349 g/mol. The van der Waals surface area contributed by atoms with Crippen LogP contribution in [-0.2, 0) is 14.3 Å². The summed E-state index contributed by atoms with van der Waals surface area (Å²) in [7, 11) is 0. The molecule has 2 aromatic rings. The smallest absolute Gasteiger partial charge is 0.332 e. The SMILES string of the molecule is CC(=O)O[C@@H]1CCN2C(=O)N(c3ccc(C#N)c4ccccc34)C(=O)[C@H]12. The lowest BCUT2D eigenvalue weighted by atomic mass is 10.0. The first-order chi connectivity index (χ1) is 12.5. The second-order valence-corrected chi connectivity index (χ2v) is 6.32. The fourth-order valence-corrected chi connectivity index (χ4v) is 3.76. The quantitative estimate of drug-likeness (QED) is 0.612. The van der Waals surface area contributed by atoms with Crippen molar-refractivity contribution >= 4 is 34.4 Å². The minimum Gasteiger partial charge on any atom is -0.460 e. The zero-order valence-corrected chi connectivity index (χ0v) is 14.0. The van der Waals surface area contributed by atoms with Crippen LogP contribution in [0.25, 0.3) is 10.8 Å². The lowest BCUT2D eigenvalue weighted by Gasteiger charge is -2.19. The predicted octanol–water partition coefficient (Wildman–Crippen LogP) is 2.18. The van der Waals surface area contributed by atoms with E-state index >= 15 is 0 Å². The maximum atomic E-state index is 13.0. The van der Waals surface area contributed by atoms with Gasteiger partial charge in [0.25, 0.3) is 5.91 Å². The molecule has 2 aliphatic heterocycles. The largest absolute Gasteiger partial charge is 0.460 e. The molecule has 0 bridgehead atoms. The monoisotopic (exact) mass is 349 g/mol. The van der Waals surface area contributed by atoms with Gasteiger partial charge in [0, 0.05) is 30.7 Å². The van der Waals surface area contributed by atoms with Crippen molar-refractivity contribution in [2.24, 2.45) is 0 Å². The van der Waals surface area contributed by atoms with Crippen molar-refractivity contribution in [3.8, 4) is 6.07 Å². The van der Waals surface area contributed by atoms with Crippen LogP contribution in [0.1, 0.15) is 18.9 Å². The second kappa shape index (κ2) is 5.85. The number of anilines is 1. The number of hydrogen-bond donors (Lipinski definition) is 0. The number of esters is 1. The summed E-state index contributed by atoms with van der Waals surface area (Å²) in [6.45, 7) is 1.65. The summed E-state index contributed by atoms with van der Waals surface area (Å²) in [6.07, 6.45) is -0.178. The summed E-state index contributed by atoms with van der Waals surface area (Å²) in [5.41, 5.74) is 0.910. The second-order valence-electron chi connectivity index (χ2n) is 6.32. The van der Waals surface area contributed by atoms with Crippen LogP contribution in [0.4, 0.5) is 10.5 Å². The first-order valence-corrected chi connectivity index (χ1v) is 8.26. The summed E-state index contributed by atoms with van der Waals surface area (Å²) < 4.78 is 5.23. The van der Waals surface area contributed by atoms with Gasteiger partial charge in [-0.3, -0.25) is 9.59 Å². The number of nitriles is 1. The summed E-state index contributed by atoms with van der Waals surface area (Å²) in [5.74, 6) is -0.881. The number of urea groups is 1. The van der Waals surface area contributed by atoms with Crippen molar-refractivity contribution in [1.82, 2.24) is 4.90 Å². The Morgan fingerprint density at radius 2 is 1.92 bits per heavy atom. The van der Waals surface area contributed by atoms with E-state index in [2.05, 4.69) is 6.07 Å². The Morgan fingerprint density at radius 3 is 2.62 bits per heavy atom. The van der Waals surface area contributed by atoms with Gasteiger partial charge in [-0.15, -0.1) is 0 Å². The zero-order valence-electron chi connectivity index (χ0n) is 14.0. The molecule has 0 aromatic heterocycles. The molecule has 7 heteroatoms. The predicted molar refractivity (Wildman–Crippen MR) is 92.2 cm³/mol. The number of carbonyl (C=O) groups is 3. The molecule has 2 fully saturated rings. The molecule has 26 heavy (non-hydrogen) atoms. The Hall–Kier alpha value is -3.40. The van der Waals surface area contributed by atoms with Crippen LogP contribution in [0.5, 0.6) is 0 Å². The summed E-state index contributed by atoms with van der Waals surface area (Å²) in [4.78, 5) is 39.7. The third kappa shape index (κ3) is 2.23. The number of rotatable bonds is 2. The number of amides is 3. The van der Waals surface area contributed by atoms with E-state index < -0.39 is 30.1 Å². The average Bonchev–Trinajstić information content (AvgIpc) is 3.14. The molecule has 4 rings (SSSR count). The number of carbonyl (C=O) groups excluding carboxylic acids is 3. The van der Waals surface area contributed by atoms with Crippen LogP contribution >= 0.6 is 0 Å². The normalized spacial score (nSPS) is 21.8. The molecule has 0 spiro atoms. The Morgan fingerprint density at radius 1 is 1.19 bits per heavy atom. The highest BCUT2D eigenvalue weighted by Gasteiger charge is 2.54. The van der Waals surface area contributed by atoms with Crippen molar-refractivity contribution in [2.75, 3.05) is 11.4 Å². The zero-order chi connectivity index (χ0) is 18.4. The highest BCUT2D eigenvalue weighted by atomic mass is 16.5. The van der Waals surface area contributed by atoms with E-state index in [-0.39, 0.29) is 0 Å². The maximum Gasteiger partial charge on any atom is 0.332 e. The first kappa shape index (κ1) is 16.1. The molecule has 0 N–H and O–H groups in total. The number of nitrogens with zero attached hydrogens (tertiary/aromatic N) is 3. The molecule has 130 valence electrons. The molecular weight excluding hydrogens is 334 g/mol. The van der Waals surface area contributed by atoms with Crippen molar-refractivity contribution in [1.29, 1.82) is 5.26 Å². The van der Waals surface area contributed by atoms with Crippen LogP contribution < -0.4 is 4.90 Å². The fraction of sp³-hybridized carbons (Fsp3) is 0.263. The molecule has 0 radical (unpaired) electrons. The Kier molecular flexibility index (Phi) is 3.62. The van der Waals surface area contributed by atoms with Gasteiger partial charge >= 0.3 is 12.0 Å². The van der Waals surface area contributed by atoms with Gasteiger partial charge in [0.15, 0.2) is 6.04 Å². The minimum absolute atomic E-state index is 0.359. The molecule has 2 atom stereocenters. The summed E-state index contributed by atoms with van der Waals surface area (Å²) in [5, 5.41) is 10.6. The maximum absolute atomic E-state index is 13.0. The molecule has 2 heterocycles. The molecule has 2 aliphatic rings. The molecule has 0 unspecified atom stereocenters. The van der Waals surface area contributed by atoms with Gasteiger partial charge in [-0.05, 0) is 12.1 Å². The molecule has 2 saturated heterocycles. The number of imide groups is 1. The van der Waals surface area contributed by atoms with Gasteiger partial charge in [-0.2, -0.15) is 5.26 Å². The lowest BCUT2D eigenvalue weighted by Crippen LogP contribution is -2.38. The van der Waals surface area contributed by atoms with Crippen molar-refractivity contribution in [3.05, 3.63) is 42.0 Å². The molecule has 7 nitrogen and oxygen atoms in total. The topological polar surface area (TPSA) is 90.7 Å². The van der Waals surface area contributed by atoms with Gasteiger partial charge in [-0.25, -0.2) is 9.69 Å². The lowest BCUT2D eigenvalue weighted by molar-refractivity contribution is -0.148. The van der Waals surface area contributed by atoms with Gasteiger partial charge < -0.3 is 9.64 Å². The van der Waals surface area contributed by atoms with Crippen molar-refractivity contribution in [3.63, 3.8) is 0 Å².